The van der Waals surface area contributed by atoms with Gasteiger partial charge in [0.25, 0.3) is 10.0 Å². The lowest BCUT2D eigenvalue weighted by molar-refractivity contribution is -0.114. The summed E-state index contributed by atoms with van der Waals surface area (Å²) >= 11 is 0. The van der Waals surface area contributed by atoms with Gasteiger partial charge in [0.1, 0.15) is 12.3 Å². The van der Waals surface area contributed by atoms with Crippen LogP contribution in [0.2, 0.25) is 0 Å². The van der Waals surface area contributed by atoms with Crippen LogP contribution in [0.15, 0.2) is 71.9 Å². The predicted molar refractivity (Wildman–Crippen MR) is 116 cm³/mol. The summed E-state index contributed by atoms with van der Waals surface area (Å²) < 4.78 is 33.2. The molecule has 0 aliphatic rings. The van der Waals surface area contributed by atoms with Crippen LogP contribution < -0.4 is 14.4 Å². The summed E-state index contributed by atoms with van der Waals surface area (Å²) in [5, 5.41) is 2.72. The predicted octanol–water partition coefficient (Wildman–Crippen LogP) is 3.54. The van der Waals surface area contributed by atoms with Gasteiger partial charge in [-0.15, -0.1) is 0 Å². The largest absolute Gasteiger partial charge is 0.497 e. The highest BCUT2D eigenvalue weighted by atomic mass is 32.2. The van der Waals surface area contributed by atoms with Gasteiger partial charge in [0.2, 0.25) is 5.91 Å². The van der Waals surface area contributed by atoms with Crippen molar-refractivity contribution < 1.29 is 17.9 Å². The van der Waals surface area contributed by atoms with Crippen molar-refractivity contribution in [2.75, 3.05) is 23.3 Å². The van der Waals surface area contributed by atoms with Crippen LogP contribution in [0.25, 0.3) is 0 Å². The highest BCUT2D eigenvalue weighted by Gasteiger charge is 2.28. The zero-order valence-corrected chi connectivity index (χ0v) is 17.8. The lowest BCUT2D eigenvalue weighted by Crippen LogP contribution is -2.38. The molecule has 30 heavy (non-hydrogen) atoms. The molecule has 1 N–H and O–H groups in total. The van der Waals surface area contributed by atoms with E-state index < -0.39 is 22.5 Å². The Bertz CT molecular complexity index is 1150. The number of aryl methyl sites for hydroxylation is 2. The molecule has 0 fully saturated rings. The van der Waals surface area contributed by atoms with Crippen molar-refractivity contribution in [1.82, 2.24) is 4.98 Å². The summed E-state index contributed by atoms with van der Waals surface area (Å²) in [6.07, 6.45) is 3.18. The van der Waals surface area contributed by atoms with E-state index in [0.717, 1.165) is 9.87 Å². The number of rotatable bonds is 7. The number of carbonyl (C=O) groups is 1. The van der Waals surface area contributed by atoms with Crippen LogP contribution in [-0.2, 0) is 14.8 Å². The molecule has 1 heterocycles. The standard InChI is InChI=1S/C22H23N3O4S/c1-16-11-18(14-23-13-16)24-22(26)15-25(21-12-19(29-3)10-9-17(21)2)30(27,28)20-7-5-4-6-8-20/h4-14H,15H2,1-3H3,(H,24,26). The first-order chi connectivity index (χ1) is 14.3. The molecule has 2 aromatic carbocycles. The van der Waals surface area contributed by atoms with Gasteiger partial charge >= 0.3 is 0 Å². The number of hydrogen-bond donors (Lipinski definition) is 1. The lowest BCUT2D eigenvalue weighted by Gasteiger charge is -2.26. The van der Waals surface area contributed by atoms with Crippen molar-refractivity contribution in [2.45, 2.75) is 18.7 Å². The Balaban J connectivity index is 2.01. The SMILES string of the molecule is COc1ccc(C)c(N(CC(=O)Nc2cncc(C)c2)S(=O)(=O)c2ccccc2)c1. The van der Waals surface area contributed by atoms with Crippen LogP contribution in [0, 0.1) is 13.8 Å². The van der Waals surface area contributed by atoms with E-state index in [4.69, 9.17) is 4.74 Å². The number of hydrogen-bond acceptors (Lipinski definition) is 5. The van der Waals surface area contributed by atoms with Gasteiger partial charge in [-0.2, -0.15) is 0 Å². The average Bonchev–Trinajstić information content (AvgIpc) is 2.73. The van der Waals surface area contributed by atoms with E-state index >= 15 is 0 Å². The van der Waals surface area contributed by atoms with Crippen molar-refractivity contribution in [3.05, 3.63) is 78.1 Å². The van der Waals surface area contributed by atoms with Crippen molar-refractivity contribution in [3.63, 3.8) is 0 Å². The Morgan fingerprint density at radius 2 is 1.80 bits per heavy atom. The minimum Gasteiger partial charge on any atom is -0.497 e. The minimum atomic E-state index is -4.00. The number of sulfonamides is 1. The summed E-state index contributed by atoms with van der Waals surface area (Å²) in [5.74, 6) is 0.0104. The van der Waals surface area contributed by atoms with Crippen molar-refractivity contribution >= 4 is 27.3 Å². The molecule has 7 nitrogen and oxygen atoms in total. The molecule has 0 aliphatic heterocycles. The molecule has 0 atom stereocenters. The maximum Gasteiger partial charge on any atom is 0.264 e. The number of pyridine rings is 1. The van der Waals surface area contributed by atoms with Crippen LogP contribution in [0.3, 0.4) is 0 Å². The molecule has 0 bridgehead atoms. The molecule has 0 saturated carbocycles. The Labute approximate surface area is 176 Å². The summed E-state index contributed by atoms with van der Waals surface area (Å²) in [7, 11) is -2.49. The van der Waals surface area contributed by atoms with Gasteiger partial charge in [-0.05, 0) is 49.2 Å². The Morgan fingerprint density at radius 1 is 1.07 bits per heavy atom. The van der Waals surface area contributed by atoms with Gasteiger partial charge in [0, 0.05) is 12.3 Å². The number of aromatic nitrogens is 1. The number of ether oxygens (including phenoxy) is 1. The van der Waals surface area contributed by atoms with Gasteiger partial charge in [0.05, 0.1) is 29.6 Å². The molecule has 0 spiro atoms. The molecule has 0 aliphatic carbocycles. The van der Waals surface area contributed by atoms with E-state index in [2.05, 4.69) is 10.3 Å². The molecule has 1 amide bonds. The minimum absolute atomic E-state index is 0.0947. The number of benzene rings is 2. The molecular formula is C22H23N3O4S. The molecule has 3 rings (SSSR count). The number of carbonyl (C=O) groups excluding carboxylic acids is 1. The van der Waals surface area contributed by atoms with Gasteiger partial charge in [0.15, 0.2) is 0 Å². The van der Waals surface area contributed by atoms with Crippen LogP contribution in [-0.4, -0.2) is 33.0 Å². The molecule has 8 heteroatoms. The number of nitrogens with zero attached hydrogens (tertiary/aromatic N) is 2. The van der Waals surface area contributed by atoms with E-state index in [1.165, 1.54) is 25.4 Å². The van der Waals surface area contributed by atoms with Gasteiger partial charge in [-0.1, -0.05) is 24.3 Å². The van der Waals surface area contributed by atoms with Crippen LogP contribution in [0.1, 0.15) is 11.1 Å². The van der Waals surface area contributed by atoms with Crippen molar-refractivity contribution in [2.24, 2.45) is 0 Å². The topological polar surface area (TPSA) is 88.6 Å². The first kappa shape index (κ1) is 21.3. The fraction of sp³-hybridized carbons (Fsp3) is 0.182. The zero-order chi connectivity index (χ0) is 21.7. The fourth-order valence-corrected chi connectivity index (χ4v) is 4.46. The van der Waals surface area contributed by atoms with Crippen molar-refractivity contribution in [3.8, 4) is 5.75 Å². The summed E-state index contributed by atoms with van der Waals surface area (Å²) in [4.78, 5) is 16.9. The summed E-state index contributed by atoms with van der Waals surface area (Å²) in [5.41, 5.74) is 2.45. The Morgan fingerprint density at radius 3 is 2.47 bits per heavy atom. The number of amides is 1. The second kappa shape index (κ2) is 8.96. The maximum absolute atomic E-state index is 13.4. The first-order valence-corrected chi connectivity index (χ1v) is 10.7. The summed E-state index contributed by atoms with van der Waals surface area (Å²) in [6.45, 7) is 3.23. The summed E-state index contributed by atoms with van der Waals surface area (Å²) in [6, 6.07) is 14.9. The van der Waals surface area contributed by atoms with E-state index in [0.29, 0.717) is 22.7 Å². The molecular weight excluding hydrogens is 402 g/mol. The van der Waals surface area contributed by atoms with Gasteiger partial charge in [-0.3, -0.25) is 14.1 Å². The third-order valence-corrected chi connectivity index (χ3v) is 6.24. The Hall–Kier alpha value is -3.39. The lowest BCUT2D eigenvalue weighted by atomic mass is 10.2. The van der Waals surface area contributed by atoms with E-state index in [1.54, 1.807) is 55.6 Å². The fourth-order valence-electron chi connectivity index (χ4n) is 2.96. The molecule has 3 aromatic rings. The maximum atomic E-state index is 13.4. The van der Waals surface area contributed by atoms with Crippen LogP contribution in [0.4, 0.5) is 11.4 Å². The molecule has 0 saturated heterocycles. The molecule has 1 aromatic heterocycles. The second-order valence-electron chi connectivity index (χ2n) is 6.78. The molecule has 0 radical (unpaired) electrons. The van der Waals surface area contributed by atoms with Crippen LogP contribution >= 0.6 is 0 Å². The van der Waals surface area contributed by atoms with Crippen LogP contribution in [0.5, 0.6) is 5.75 Å². The van der Waals surface area contributed by atoms with E-state index in [-0.39, 0.29) is 4.90 Å². The van der Waals surface area contributed by atoms with Gasteiger partial charge < -0.3 is 10.1 Å². The monoisotopic (exact) mass is 425 g/mol. The number of nitrogens with one attached hydrogen (secondary N) is 1. The first-order valence-electron chi connectivity index (χ1n) is 9.25. The normalized spacial score (nSPS) is 11.0. The van der Waals surface area contributed by atoms with E-state index in [1.807, 2.05) is 6.92 Å². The Kier molecular flexibility index (Phi) is 6.37. The third-order valence-electron chi connectivity index (χ3n) is 4.46. The smallest absolute Gasteiger partial charge is 0.264 e. The average molecular weight is 426 g/mol. The van der Waals surface area contributed by atoms with Gasteiger partial charge in [-0.25, -0.2) is 8.42 Å². The third kappa shape index (κ3) is 4.77. The number of methoxy groups -OCH3 is 1. The quantitative estimate of drug-likeness (QED) is 0.625. The molecule has 0 unspecified atom stereocenters. The molecule has 156 valence electrons. The second-order valence-corrected chi connectivity index (χ2v) is 8.64. The van der Waals surface area contributed by atoms with Crippen molar-refractivity contribution in [1.29, 1.82) is 0 Å². The zero-order valence-electron chi connectivity index (χ0n) is 17.0. The number of anilines is 2. The highest BCUT2D eigenvalue weighted by Crippen LogP contribution is 2.30. The van der Waals surface area contributed by atoms with E-state index in [9.17, 15) is 13.2 Å². The highest BCUT2D eigenvalue weighted by molar-refractivity contribution is 7.92.